The zero-order chi connectivity index (χ0) is 17.0. The summed E-state index contributed by atoms with van der Waals surface area (Å²) in [5.41, 5.74) is 0.928. The third-order valence-electron chi connectivity index (χ3n) is 3.87. The van der Waals surface area contributed by atoms with Crippen LogP contribution in [0.2, 0.25) is 0 Å². The van der Waals surface area contributed by atoms with Crippen LogP contribution in [-0.2, 0) is 21.4 Å². The third kappa shape index (κ3) is 4.97. The van der Waals surface area contributed by atoms with Crippen molar-refractivity contribution in [3.8, 4) is 0 Å². The Morgan fingerprint density at radius 3 is 2.70 bits per heavy atom. The number of hydrogen-bond acceptors (Lipinski definition) is 6. The van der Waals surface area contributed by atoms with Crippen LogP contribution in [-0.4, -0.2) is 67.5 Å². The van der Waals surface area contributed by atoms with E-state index in [1.807, 2.05) is 12.3 Å². The Balaban J connectivity index is 1.98. The molecule has 0 N–H and O–H groups in total. The number of carbonyl (C=O) groups is 1. The van der Waals surface area contributed by atoms with E-state index in [1.165, 1.54) is 21.9 Å². The molecule has 1 aromatic heterocycles. The Bertz CT molecular complexity index is 644. The second-order valence-corrected chi connectivity index (χ2v) is 8.50. The van der Waals surface area contributed by atoms with Crippen LogP contribution in [0.25, 0.3) is 0 Å². The molecule has 0 spiro atoms. The van der Waals surface area contributed by atoms with Crippen molar-refractivity contribution in [1.82, 2.24) is 14.2 Å². The maximum atomic E-state index is 11.6. The molecule has 1 aromatic rings. The zero-order valence-electron chi connectivity index (χ0n) is 13.9. The highest BCUT2D eigenvalue weighted by Gasteiger charge is 2.22. The lowest BCUT2D eigenvalue weighted by atomic mass is 10.3. The normalized spacial score (nSPS) is 17.9. The smallest absolute Gasteiger partial charge is 0.225 e. The lowest BCUT2D eigenvalue weighted by Gasteiger charge is -2.19. The molecule has 1 fully saturated rings. The predicted octanol–water partition coefficient (Wildman–Crippen LogP) is 0.983. The van der Waals surface area contributed by atoms with E-state index in [-0.39, 0.29) is 5.91 Å². The van der Waals surface area contributed by atoms with Gasteiger partial charge >= 0.3 is 0 Å². The summed E-state index contributed by atoms with van der Waals surface area (Å²) in [6.07, 6.45) is 2.08. The van der Waals surface area contributed by atoms with Crippen LogP contribution in [0.5, 0.6) is 0 Å². The first-order chi connectivity index (χ1) is 10.8. The number of sulfonamides is 1. The highest BCUT2D eigenvalue weighted by molar-refractivity contribution is 7.88. The average molecular weight is 361 g/mol. The summed E-state index contributed by atoms with van der Waals surface area (Å²) in [5, 5.41) is 2.70. The van der Waals surface area contributed by atoms with Crippen LogP contribution in [0, 0.1) is 0 Å². The first-order valence-corrected chi connectivity index (χ1v) is 10.4. The Labute approximate surface area is 142 Å². The van der Waals surface area contributed by atoms with Crippen LogP contribution in [0.3, 0.4) is 0 Å². The van der Waals surface area contributed by atoms with Gasteiger partial charge in [-0.15, -0.1) is 11.3 Å². The third-order valence-corrected chi connectivity index (χ3v) is 6.08. The molecule has 0 atom stereocenters. The number of amides is 1. The molecule has 1 aliphatic heterocycles. The number of nitrogens with zero attached hydrogens (tertiary/aromatic N) is 4. The minimum Gasteiger partial charge on any atom is -0.296 e. The summed E-state index contributed by atoms with van der Waals surface area (Å²) in [7, 11) is -3.12. The summed E-state index contributed by atoms with van der Waals surface area (Å²) < 4.78 is 24.8. The minimum atomic E-state index is -3.12. The molecule has 0 bridgehead atoms. The summed E-state index contributed by atoms with van der Waals surface area (Å²) in [6.45, 7) is 7.40. The Morgan fingerprint density at radius 1 is 1.35 bits per heavy atom. The van der Waals surface area contributed by atoms with E-state index < -0.39 is 10.0 Å². The molecule has 23 heavy (non-hydrogen) atoms. The van der Waals surface area contributed by atoms with Crippen LogP contribution < -0.4 is 4.90 Å². The number of anilines is 1. The molecule has 1 saturated heterocycles. The molecular formula is C14H24N4O3S2. The van der Waals surface area contributed by atoms with Gasteiger partial charge in [0.25, 0.3) is 0 Å². The SMILES string of the molecule is CCN(C(C)=O)c1nc(CN2CCCN(S(C)(=O)=O)CC2)cs1. The van der Waals surface area contributed by atoms with Crippen molar-refractivity contribution in [2.45, 2.75) is 26.8 Å². The first kappa shape index (κ1) is 18.3. The fourth-order valence-corrected chi connectivity index (χ4v) is 4.45. The molecule has 0 radical (unpaired) electrons. The van der Waals surface area contributed by atoms with Crippen molar-refractivity contribution >= 4 is 32.4 Å². The first-order valence-electron chi connectivity index (χ1n) is 7.71. The van der Waals surface area contributed by atoms with E-state index in [2.05, 4.69) is 9.88 Å². The van der Waals surface area contributed by atoms with E-state index in [9.17, 15) is 13.2 Å². The number of aromatic nitrogens is 1. The molecule has 0 saturated carbocycles. The van der Waals surface area contributed by atoms with Gasteiger partial charge in [0.1, 0.15) is 0 Å². The van der Waals surface area contributed by atoms with Gasteiger partial charge < -0.3 is 0 Å². The molecule has 9 heteroatoms. The van der Waals surface area contributed by atoms with Crippen molar-refractivity contribution in [3.63, 3.8) is 0 Å². The summed E-state index contributed by atoms with van der Waals surface area (Å²) in [6, 6.07) is 0. The van der Waals surface area contributed by atoms with Crippen molar-refractivity contribution in [2.75, 3.05) is 43.9 Å². The van der Waals surface area contributed by atoms with Gasteiger partial charge in [-0.25, -0.2) is 17.7 Å². The fourth-order valence-electron chi connectivity index (χ4n) is 2.65. The van der Waals surface area contributed by atoms with Gasteiger partial charge in [-0.1, -0.05) is 0 Å². The van der Waals surface area contributed by atoms with Gasteiger partial charge in [0.2, 0.25) is 15.9 Å². The molecule has 2 rings (SSSR count). The highest BCUT2D eigenvalue weighted by Crippen LogP contribution is 2.22. The number of carbonyl (C=O) groups excluding carboxylic acids is 1. The number of thiazole rings is 1. The van der Waals surface area contributed by atoms with Crippen molar-refractivity contribution in [1.29, 1.82) is 0 Å². The highest BCUT2D eigenvalue weighted by atomic mass is 32.2. The molecule has 0 aliphatic carbocycles. The number of hydrogen-bond donors (Lipinski definition) is 0. The minimum absolute atomic E-state index is 0.00744. The van der Waals surface area contributed by atoms with Gasteiger partial charge in [0.05, 0.1) is 11.9 Å². The summed E-state index contributed by atoms with van der Waals surface area (Å²) in [5.74, 6) is -0.00744. The topological polar surface area (TPSA) is 73.8 Å². The Kier molecular flexibility index (Phi) is 6.12. The van der Waals surface area contributed by atoms with E-state index in [0.29, 0.717) is 32.7 Å². The monoisotopic (exact) mass is 360 g/mol. The van der Waals surface area contributed by atoms with Gasteiger partial charge in [-0.3, -0.25) is 14.6 Å². The molecule has 7 nitrogen and oxygen atoms in total. The average Bonchev–Trinajstić information content (AvgIpc) is 2.75. The lowest BCUT2D eigenvalue weighted by molar-refractivity contribution is -0.116. The maximum Gasteiger partial charge on any atom is 0.225 e. The summed E-state index contributed by atoms with van der Waals surface area (Å²) >= 11 is 1.47. The molecule has 130 valence electrons. The van der Waals surface area contributed by atoms with E-state index in [1.54, 1.807) is 11.8 Å². The largest absolute Gasteiger partial charge is 0.296 e. The van der Waals surface area contributed by atoms with Crippen LogP contribution in [0.1, 0.15) is 26.0 Å². The van der Waals surface area contributed by atoms with Gasteiger partial charge in [0.15, 0.2) is 5.13 Å². The molecule has 1 amide bonds. The zero-order valence-corrected chi connectivity index (χ0v) is 15.5. The van der Waals surface area contributed by atoms with Gasteiger partial charge in [-0.2, -0.15) is 0 Å². The van der Waals surface area contributed by atoms with Gasteiger partial charge in [-0.05, 0) is 19.9 Å². The summed E-state index contributed by atoms with van der Waals surface area (Å²) in [4.78, 5) is 20.0. The molecule has 0 unspecified atom stereocenters. The fraction of sp³-hybridized carbons (Fsp3) is 0.714. The molecule has 0 aromatic carbocycles. The second kappa shape index (κ2) is 7.69. The van der Waals surface area contributed by atoms with Crippen molar-refractivity contribution in [3.05, 3.63) is 11.1 Å². The van der Waals surface area contributed by atoms with E-state index in [0.717, 1.165) is 23.8 Å². The molecule has 2 heterocycles. The standard InChI is InChI=1S/C14H24N4O3S2/c1-4-18(12(2)19)14-15-13(11-22-14)10-16-6-5-7-17(9-8-16)23(3,20)21/h11H,4-10H2,1-3H3. The van der Waals surface area contributed by atoms with Crippen LogP contribution in [0.4, 0.5) is 5.13 Å². The Morgan fingerprint density at radius 2 is 2.09 bits per heavy atom. The maximum absolute atomic E-state index is 11.6. The van der Waals surface area contributed by atoms with Crippen LogP contribution >= 0.6 is 11.3 Å². The number of rotatable bonds is 5. The van der Waals surface area contributed by atoms with E-state index >= 15 is 0 Å². The quantitative estimate of drug-likeness (QED) is 0.783. The Hall–Kier alpha value is -1.03. The van der Waals surface area contributed by atoms with Crippen molar-refractivity contribution in [2.24, 2.45) is 0 Å². The molecule has 1 aliphatic rings. The van der Waals surface area contributed by atoms with E-state index in [4.69, 9.17) is 0 Å². The lowest BCUT2D eigenvalue weighted by Crippen LogP contribution is -2.34. The predicted molar refractivity (Wildman–Crippen MR) is 92.1 cm³/mol. The van der Waals surface area contributed by atoms with Crippen molar-refractivity contribution < 1.29 is 13.2 Å². The second-order valence-electron chi connectivity index (χ2n) is 5.68. The molecular weight excluding hydrogens is 336 g/mol. The van der Waals surface area contributed by atoms with Crippen LogP contribution in [0.15, 0.2) is 5.38 Å². The van der Waals surface area contributed by atoms with Gasteiger partial charge in [0, 0.05) is 45.0 Å².